The Morgan fingerprint density at radius 2 is 1.83 bits per heavy atom. The van der Waals surface area contributed by atoms with Crippen molar-refractivity contribution in [2.75, 3.05) is 13.1 Å². The highest BCUT2D eigenvalue weighted by atomic mass is 16.4. The number of aliphatic hydroxyl groups is 1. The molecule has 1 aromatic heterocycles. The zero-order chi connectivity index (χ0) is 17.3. The molecule has 2 aliphatic rings. The normalized spacial score (nSPS) is 21.2. The van der Waals surface area contributed by atoms with E-state index in [1.54, 1.807) is 16.6 Å². The SMILES string of the molecule is Cn1nc(C2CCCC2)cc1C(=O)N1CCC(C(O)C(=O)O)CC1. The van der Waals surface area contributed by atoms with Gasteiger partial charge in [-0.25, -0.2) is 4.79 Å². The van der Waals surface area contributed by atoms with Crippen LogP contribution in [0.15, 0.2) is 6.07 Å². The van der Waals surface area contributed by atoms with Gasteiger partial charge in [-0.1, -0.05) is 12.8 Å². The molecule has 1 amide bonds. The molecule has 1 aromatic rings. The number of likely N-dealkylation sites (tertiary alicyclic amines) is 1. The van der Waals surface area contributed by atoms with E-state index in [9.17, 15) is 14.7 Å². The number of amides is 1. The Kier molecular flexibility index (Phi) is 4.89. The standard InChI is InChI=1S/C17H25N3O4/c1-19-14(10-13(18-19)11-4-2-3-5-11)16(22)20-8-6-12(7-9-20)15(21)17(23)24/h10-12,15,21H,2-9H2,1H3,(H,23,24). The van der Waals surface area contributed by atoms with Crippen molar-refractivity contribution in [2.45, 2.75) is 50.5 Å². The molecular formula is C17H25N3O4. The summed E-state index contributed by atoms with van der Waals surface area (Å²) >= 11 is 0. The average Bonchev–Trinajstić information content (AvgIpc) is 3.23. The van der Waals surface area contributed by atoms with Gasteiger partial charge in [-0.05, 0) is 37.7 Å². The molecule has 2 heterocycles. The van der Waals surface area contributed by atoms with E-state index < -0.39 is 12.1 Å². The number of rotatable bonds is 4. The minimum Gasteiger partial charge on any atom is -0.479 e. The molecule has 1 aliphatic carbocycles. The zero-order valence-corrected chi connectivity index (χ0v) is 14.0. The Morgan fingerprint density at radius 3 is 2.42 bits per heavy atom. The van der Waals surface area contributed by atoms with Crippen molar-refractivity contribution in [2.24, 2.45) is 13.0 Å². The Balaban J connectivity index is 1.64. The van der Waals surface area contributed by atoms with E-state index in [4.69, 9.17) is 5.11 Å². The van der Waals surface area contributed by atoms with Crippen LogP contribution in [0.4, 0.5) is 0 Å². The van der Waals surface area contributed by atoms with Gasteiger partial charge >= 0.3 is 5.97 Å². The summed E-state index contributed by atoms with van der Waals surface area (Å²) in [5.74, 6) is -1.06. The summed E-state index contributed by atoms with van der Waals surface area (Å²) in [6.45, 7) is 0.940. The molecule has 1 saturated heterocycles. The Morgan fingerprint density at radius 1 is 1.21 bits per heavy atom. The molecule has 1 saturated carbocycles. The lowest BCUT2D eigenvalue weighted by molar-refractivity contribution is -0.150. The lowest BCUT2D eigenvalue weighted by Gasteiger charge is -2.32. The second-order valence-electron chi connectivity index (χ2n) is 6.97. The molecule has 1 aliphatic heterocycles. The molecule has 2 N–H and O–H groups in total. The van der Waals surface area contributed by atoms with E-state index in [1.165, 1.54) is 12.8 Å². The third-order valence-electron chi connectivity index (χ3n) is 5.42. The van der Waals surface area contributed by atoms with E-state index in [0.29, 0.717) is 37.5 Å². The molecule has 0 spiro atoms. The van der Waals surface area contributed by atoms with Gasteiger partial charge in [0.25, 0.3) is 5.91 Å². The Labute approximate surface area is 141 Å². The Hall–Kier alpha value is -1.89. The third-order valence-corrected chi connectivity index (χ3v) is 5.42. The van der Waals surface area contributed by atoms with Crippen LogP contribution in [0.1, 0.15) is 60.6 Å². The van der Waals surface area contributed by atoms with Gasteiger partial charge in [0.1, 0.15) is 5.69 Å². The van der Waals surface area contributed by atoms with Crippen molar-refractivity contribution in [3.63, 3.8) is 0 Å². The fourth-order valence-corrected chi connectivity index (χ4v) is 3.89. The van der Waals surface area contributed by atoms with Crippen LogP contribution < -0.4 is 0 Å². The number of carbonyl (C=O) groups excluding carboxylic acids is 1. The summed E-state index contributed by atoms with van der Waals surface area (Å²) in [5.41, 5.74) is 1.60. The highest BCUT2D eigenvalue weighted by Gasteiger charge is 2.32. The third kappa shape index (κ3) is 3.31. The van der Waals surface area contributed by atoms with Crippen molar-refractivity contribution in [1.82, 2.24) is 14.7 Å². The number of carbonyl (C=O) groups is 2. The molecule has 0 aromatic carbocycles. The number of aliphatic carboxylic acids is 1. The van der Waals surface area contributed by atoms with E-state index >= 15 is 0 Å². The Bertz CT molecular complexity index is 613. The summed E-state index contributed by atoms with van der Waals surface area (Å²) in [7, 11) is 1.80. The molecule has 7 heteroatoms. The number of carboxylic acid groups (broad SMARTS) is 1. The van der Waals surface area contributed by atoms with Gasteiger partial charge in [-0.15, -0.1) is 0 Å². The van der Waals surface area contributed by atoms with Crippen LogP contribution in [0.3, 0.4) is 0 Å². The van der Waals surface area contributed by atoms with Gasteiger partial charge in [-0.2, -0.15) is 5.10 Å². The molecule has 1 unspecified atom stereocenters. The highest BCUT2D eigenvalue weighted by molar-refractivity contribution is 5.92. The zero-order valence-electron chi connectivity index (χ0n) is 14.0. The highest BCUT2D eigenvalue weighted by Crippen LogP contribution is 2.33. The van der Waals surface area contributed by atoms with E-state index in [0.717, 1.165) is 18.5 Å². The molecule has 3 rings (SSSR count). The lowest BCUT2D eigenvalue weighted by Crippen LogP contribution is -2.43. The number of aromatic nitrogens is 2. The average molecular weight is 335 g/mol. The number of piperidine rings is 1. The topological polar surface area (TPSA) is 95.7 Å². The molecular weight excluding hydrogens is 310 g/mol. The molecule has 2 fully saturated rings. The number of aryl methyl sites for hydroxylation is 1. The summed E-state index contributed by atoms with van der Waals surface area (Å²) in [6, 6.07) is 1.91. The predicted molar refractivity (Wildman–Crippen MR) is 86.7 cm³/mol. The molecule has 1 atom stereocenters. The minimum absolute atomic E-state index is 0.0579. The second-order valence-corrected chi connectivity index (χ2v) is 6.97. The van der Waals surface area contributed by atoms with Crippen LogP contribution in [0.2, 0.25) is 0 Å². The van der Waals surface area contributed by atoms with Gasteiger partial charge in [-0.3, -0.25) is 9.48 Å². The van der Waals surface area contributed by atoms with Gasteiger partial charge in [0.05, 0.1) is 5.69 Å². The van der Waals surface area contributed by atoms with Crippen molar-refractivity contribution in [1.29, 1.82) is 0 Å². The number of aliphatic hydroxyl groups excluding tert-OH is 1. The maximum Gasteiger partial charge on any atom is 0.332 e. The van der Waals surface area contributed by atoms with Crippen LogP contribution in [-0.2, 0) is 11.8 Å². The smallest absolute Gasteiger partial charge is 0.332 e. The van der Waals surface area contributed by atoms with E-state index in [2.05, 4.69) is 5.10 Å². The molecule has 7 nitrogen and oxygen atoms in total. The summed E-state index contributed by atoms with van der Waals surface area (Å²) in [5, 5.41) is 23.1. The first kappa shape index (κ1) is 17.0. The van der Waals surface area contributed by atoms with Crippen molar-refractivity contribution in [3.8, 4) is 0 Å². The van der Waals surface area contributed by atoms with Gasteiger partial charge in [0, 0.05) is 26.1 Å². The van der Waals surface area contributed by atoms with Crippen LogP contribution in [0.5, 0.6) is 0 Å². The number of hydrogen-bond acceptors (Lipinski definition) is 4. The lowest BCUT2D eigenvalue weighted by atomic mass is 9.91. The van der Waals surface area contributed by atoms with Crippen molar-refractivity contribution < 1.29 is 19.8 Å². The fraction of sp³-hybridized carbons (Fsp3) is 0.706. The number of hydrogen-bond donors (Lipinski definition) is 2. The van der Waals surface area contributed by atoms with Crippen molar-refractivity contribution >= 4 is 11.9 Å². The van der Waals surface area contributed by atoms with Gasteiger partial charge in [0.2, 0.25) is 0 Å². The van der Waals surface area contributed by atoms with Crippen LogP contribution in [0.25, 0.3) is 0 Å². The first-order chi connectivity index (χ1) is 11.5. The van der Waals surface area contributed by atoms with E-state index in [1.807, 2.05) is 6.07 Å². The summed E-state index contributed by atoms with van der Waals surface area (Å²) in [6.07, 6.45) is 4.41. The van der Waals surface area contributed by atoms with E-state index in [-0.39, 0.29) is 11.8 Å². The predicted octanol–water partition coefficient (Wildman–Crippen LogP) is 1.38. The summed E-state index contributed by atoms with van der Waals surface area (Å²) < 4.78 is 1.66. The number of nitrogens with zero attached hydrogens (tertiary/aromatic N) is 3. The maximum atomic E-state index is 12.7. The molecule has 0 bridgehead atoms. The first-order valence-electron chi connectivity index (χ1n) is 8.71. The first-order valence-corrected chi connectivity index (χ1v) is 8.71. The maximum absolute atomic E-state index is 12.7. The minimum atomic E-state index is -1.34. The number of carboxylic acids is 1. The summed E-state index contributed by atoms with van der Waals surface area (Å²) in [4.78, 5) is 25.3. The largest absolute Gasteiger partial charge is 0.479 e. The quantitative estimate of drug-likeness (QED) is 0.866. The van der Waals surface area contributed by atoms with Crippen molar-refractivity contribution in [3.05, 3.63) is 17.5 Å². The van der Waals surface area contributed by atoms with Crippen LogP contribution >= 0.6 is 0 Å². The molecule has 132 valence electrons. The second kappa shape index (κ2) is 6.93. The van der Waals surface area contributed by atoms with Gasteiger partial charge in [0.15, 0.2) is 6.10 Å². The van der Waals surface area contributed by atoms with Gasteiger partial charge < -0.3 is 15.1 Å². The van der Waals surface area contributed by atoms with Crippen LogP contribution in [-0.4, -0.2) is 56.0 Å². The van der Waals surface area contributed by atoms with Crippen LogP contribution in [0, 0.1) is 5.92 Å². The monoisotopic (exact) mass is 335 g/mol. The molecule has 24 heavy (non-hydrogen) atoms. The fourth-order valence-electron chi connectivity index (χ4n) is 3.89. The molecule has 0 radical (unpaired) electrons.